The molecule has 0 radical (unpaired) electrons. The third-order valence-electron chi connectivity index (χ3n) is 5.70. The van der Waals surface area contributed by atoms with Gasteiger partial charge in [-0.05, 0) is 35.8 Å². The molecule has 3 heterocycles. The van der Waals surface area contributed by atoms with Crippen molar-refractivity contribution < 1.29 is 19.0 Å². The van der Waals surface area contributed by atoms with Gasteiger partial charge in [0.25, 0.3) is 0 Å². The summed E-state index contributed by atoms with van der Waals surface area (Å²) < 4.78 is 16.6. The first-order valence-corrected chi connectivity index (χ1v) is 8.19. The fourth-order valence-electron chi connectivity index (χ4n) is 4.77. The first kappa shape index (κ1) is 13.4. The van der Waals surface area contributed by atoms with E-state index in [-0.39, 0.29) is 17.5 Å². The lowest BCUT2D eigenvalue weighted by atomic mass is 9.66. The molecule has 0 saturated carbocycles. The Morgan fingerprint density at radius 1 is 1.35 bits per heavy atom. The molecule has 0 aromatic heterocycles. The molecule has 23 heavy (non-hydrogen) atoms. The summed E-state index contributed by atoms with van der Waals surface area (Å²) >= 11 is 0. The quantitative estimate of drug-likeness (QED) is 0.587. The van der Waals surface area contributed by atoms with Crippen LogP contribution in [0.2, 0.25) is 0 Å². The van der Waals surface area contributed by atoms with Gasteiger partial charge in [-0.15, -0.1) is 0 Å². The molecule has 5 rings (SSSR count). The minimum atomic E-state index is -0.211. The van der Waals surface area contributed by atoms with E-state index in [1.165, 1.54) is 18.1 Å². The first-order valence-electron chi connectivity index (χ1n) is 8.19. The summed E-state index contributed by atoms with van der Waals surface area (Å²) in [7, 11) is 0. The Balaban J connectivity index is 1.60. The Labute approximate surface area is 134 Å². The van der Waals surface area contributed by atoms with E-state index in [4.69, 9.17) is 14.2 Å². The number of carbonyl (C=O) groups is 1. The zero-order valence-corrected chi connectivity index (χ0v) is 13.1. The number of carbonyl (C=O) groups excluding carboxylic acids is 1. The molecule has 5 heteroatoms. The van der Waals surface area contributed by atoms with Crippen LogP contribution >= 0.6 is 0 Å². The second-order valence-corrected chi connectivity index (χ2v) is 6.88. The molecule has 1 fully saturated rings. The maximum Gasteiger partial charge on any atom is 0.303 e. The number of esters is 1. The van der Waals surface area contributed by atoms with Gasteiger partial charge in [0.2, 0.25) is 6.79 Å². The second-order valence-electron chi connectivity index (χ2n) is 6.88. The van der Waals surface area contributed by atoms with Crippen LogP contribution < -0.4 is 9.47 Å². The van der Waals surface area contributed by atoms with E-state index in [9.17, 15) is 4.79 Å². The molecular weight excluding hydrogens is 294 g/mol. The van der Waals surface area contributed by atoms with Crippen LogP contribution in [-0.2, 0) is 21.5 Å². The van der Waals surface area contributed by atoms with Gasteiger partial charge in [-0.25, -0.2) is 0 Å². The van der Waals surface area contributed by atoms with E-state index in [0.717, 1.165) is 37.4 Å². The smallest absolute Gasteiger partial charge is 0.303 e. The number of fused-ring (bicyclic) bond motifs is 2. The Kier molecular flexibility index (Phi) is 2.63. The molecule has 4 aliphatic rings. The normalized spacial score (nSPS) is 35.6. The number of hydrogen-bond acceptors (Lipinski definition) is 5. The number of rotatable bonds is 1. The Morgan fingerprint density at radius 3 is 3.00 bits per heavy atom. The van der Waals surface area contributed by atoms with Crippen molar-refractivity contribution in [3.63, 3.8) is 0 Å². The van der Waals surface area contributed by atoms with Crippen LogP contribution in [0.15, 0.2) is 24.3 Å². The average molecular weight is 313 g/mol. The SMILES string of the molecule is CC(=O)O[C@H]1C=C[C@@]23CCN(Cc4cc5c(cc42)OCO5)[C@@H]3C1. The monoisotopic (exact) mass is 313 g/mol. The molecule has 2 bridgehead atoms. The summed E-state index contributed by atoms with van der Waals surface area (Å²) in [6.07, 6.45) is 6.20. The minimum absolute atomic E-state index is 0.0191. The summed E-state index contributed by atoms with van der Waals surface area (Å²) in [4.78, 5) is 13.8. The van der Waals surface area contributed by atoms with Gasteiger partial charge in [-0.3, -0.25) is 9.69 Å². The van der Waals surface area contributed by atoms with Crippen molar-refractivity contribution in [3.05, 3.63) is 35.4 Å². The van der Waals surface area contributed by atoms with Crippen LogP contribution in [0.4, 0.5) is 0 Å². The van der Waals surface area contributed by atoms with Crippen molar-refractivity contribution in [1.82, 2.24) is 4.90 Å². The minimum Gasteiger partial charge on any atom is -0.458 e. The zero-order chi connectivity index (χ0) is 15.6. The predicted octanol–water partition coefficient (Wildman–Crippen LogP) is 2.13. The Morgan fingerprint density at radius 2 is 2.17 bits per heavy atom. The van der Waals surface area contributed by atoms with Crippen molar-refractivity contribution in [1.29, 1.82) is 0 Å². The maximum absolute atomic E-state index is 11.3. The fraction of sp³-hybridized carbons (Fsp3) is 0.500. The van der Waals surface area contributed by atoms with Gasteiger partial charge in [0.15, 0.2) is 11.5 Å². The van der Waals surface area contributed by atoms with Crippen molar-refractivity contribution in [2.45, 2.75) is 43.9 Å². The van der Waals surface area contributed by atoms with E-state index in [2.05, 4.69) is 29.2 Å². The van der Waals surface area contributed by atoms with E-state index < -0.39 is 0 Å². The molecule has 1 unspecified atom stereocenters. The van der Waals surface area contributed by atoms with Crippen LogP contribution in [0.1, 0.15) is 30.9 Å². The molecular formula is C18H19NO4. The van der Waals surface area contributed by atoms with Gasteiger partial charge in [-0.2, -0.15) is 0 Å². The van der Waals surface area contributed by atoms with E-state index >= 15 is 0 Å². The van der Waals surface area contributed by atoms with E-state index in [0.29, 0.717) is 12.8 Å². The number of nitrogens with zero attached hydrogens (tertiary/aromatic N) is 1. The molecule has 5 nitrogen and oxygen atoms in total. The third kappa shape index (κ3) is 1.80. The lowest BCUT2D eigenvalue weighted by Crippen LogP contribution is -2.49. The first-order chi connectivity index (χ1) is 11.2. The number of ether oxygens (including phenoxy) is 3. The van der Waals surface area contributed by atoms with Gasteiger partial charge in [0.05, 0.1) is 0 Å². The molecule has 4 atom stereocenters. The molecule has 120 valence electrons. The van der Waals surface area contributed by atoms with E-state index in [1.807, 2.05) is 0 Å². The van der Waals surface area contributed by atoms with Gasteiger partial charge in [0.1, 0.15) is 6.10 Å². The third-order valence-corrected chi connectivity index (χ3v) is 5.70. The van der Waals surface area contributed by atoms with Gasteiger partial charge in [0, 0.05) is 37.9 Å². The van der Waals surface area contributed by atoms with Crippen LogP contribution in [0.3, 0.4) is 0 Å². The second kappa shape index (κ2) is 4.51. The van der Waals surface area contributed by atoms with Crippen LogP contribution in [0.25, 0.3) is 0 Å². The molecule has 0 spiro atoms. The standard InChI is InChI=1S/C18H19NO4/c1-11(20)23-13-2-3-18-4-5-19(17(18)7-13)9-12-6-15-16(8-14(12)18)22-10-21-15/h2-3,6,8,13,17H,4-5,7,9-10H2,1H3/t13-,17+,18+/m0/s1. The summed E-state index contributed by atoms with van der Waals surface area (Å²) in [5.74, 6) is 1.50. The Hall–Kier alpha value is -2.01. The highest BCUT2D eigenvalue weighted by Gasteiger charge is 2.53. The molecule has 3 aliphatic heterocycles. The van der Waals surface area contributed by atoms with Crippen LogP contribution in [0.5, 0.6) is 11.5 Å². The summed E-state index contributed by atoms with van der Waals surface area (Å²) in [5.41, 5.74) is 2.71. The molecule has 0 N–H and O–H groups in total. The largest absolute Gasteiger partial charge is 0.458 e. The maximum atomic E-state index is 11.3. The summed E-state index contributed by atoms with van der Waals surface area (Å²) in [5, 5.41) is 0. The lowest BCUT2D eigenvalue weighted by Gasteiger charge is -2.45. The summed E-state index contributed by atoms with van der Waals surface area (Å²) in [6, 6.07) is 4.70. The van der Waals surface area contributed by atoms with Gasteiger partial charge < -0.3 is 14.2 Å². The van der Waals surface area contributed by atoms with Crippen LogP contribution in [-0.4, -0.2) is 36.4 Å². The highest BCUT2D eigenvalue weighted by molar-refractivity contribution is 5.66. The fourth-order valence-corrected chi connectivity index (χ4v) is 4.77. The average Bonchev–Trinajstić information content (AvgIpc) is 3.07. The van der Waals surface area contributed by atoms with E-state index in [1.54, 1.807) is 0 Å². The Bertz CT molecular complexity index is 728. The molecule has 0 amide bonds. The molecule has 1 aromatic carbocycles. The molecule has 1 aromatic rings. The van der Waals surface area contributed by atoms with Crippen LogP contribution in [0, 0.1) is 0 Å². The van der Waals surface area contributed by atoms with Crippen molar-refractivity contribution in [3.8, 4) is 11.5 Å². The molecule has 1 aliphatic carbocycles. The lowest BCUT2D eigenvalue weighted by molar-refractivity contribution is -0.145. The van der Waals surface area contributed by atoms with Crippen molar-refractivity contribution >= 4 is 5.97 Å². The number of hydrogen-bond donors (Lipinski definition) is 0. The van der Waals surface area contributed by atoms with Gasteiger partial charge >= 0.3 is 5.97 Å². The molecule has 1 saturated heterocycles. The number of benzene rings is 1. The predicted molar refractivity (Wildman–Crippen MR) is 82.4 cm³/mol. The zero-order valence-electron chi connectivity index (χ0n) is 13.1. The highest BCUT2D eigenvalue weighted by atomic mass is 16.7. The highest BCUT2D eigenvalue weighted by Crippen LogP contribution is 2.53. The summed E-state index contributed by atoms with van der Waals surface area (Å²) in [6.45, 7) is 3.79. The van der Waals surface area contributed by atoms with Gasteiger partial charge in [-0.1, -0.05) is 6.08 Å². The van der Waals surface area contributed by atoms with Crippen molar-refractivity contribution in [2.75, 3.05) is 13.3 Å². The topological polar surface area (TPSA) is 48.0 Å². The van der Waals surface area contributed by atoms with Crippen molar-refractivity contribution in [2.24, 2.45) is 0 Å².